The molecule has 0 heterocycles. The first-order chi connectivity index (χ1) is 9.52. The van der Waals surface area contributed by atoms with Crippen molar-refractivity contribution in [3.05, 3.63) is 70.2 Å². The lowest BCUT2D eigenvalue weighted by molar-refractivity contribution is -0.144. The minimum absolute atomic E-state index is 0.350. The summed E-state index contributed by atoms with van der Waals surface area (Å²) in [5.74, 6) is -1.00. The Hall–Kier alpha value is -1.65. The van der Waals surface area contributed by atoms with Crippen molar-refractivity contribution in [1.82, 2.24) is 0 Å². The molecule has 20 heavy (non-hydrogen) atoms. The molecule has 0 saturated carbocycles. The maximum atomic E-state index is 11.6. The van der Waals surface area contributed by atoms with Gasteiger partial charge in [-0.1, -0.05) is 58.4 Å². The maximum Gasteiger partial charge on any atom is 0.328 e. The lowest BCUT2D eigenvalue weighted by atomic mass is 9.85. The van der Waals surface area contributed by atoms with E-state index in [0.29, 0.717) is 18.4 Å². The quantitative estimate of drug-likeness (QED) is 0.882. The highest BCUT2D eigenvalue weighted by Gasteiger charge is 2.35. The number of carbonyl (C=O) groups is 1. The van der Waals surface area contributed by atoms with Gasteiger partial charge in [0.05, 0.1) is 0 Å². The standard InChI is InChI=1S/C16H16BrNO2/c17-14-8-4-5-12(11-14)9-10-16(18,15(19)20)13-6-2-1-3-7-13/h1-8,11H,9-10,18H2,(H,19,20). The second kappa shape index (κ2) is 6.20. The van der Waals surface area contributed by atoms with Crippen molar-refractivity contribution in [2.24, 2.45) is 5.73 Å². The SMILES string of the molecule is NC(CCc1cccc(Br)c1)(C(=O)O)c1ccccc1. The Morgan fingerprint density at radius 3 is 2.45 bits per heavy atom. The molecule has 3 N–H and O–H groups in total. The molecule has 0 amide bonds. The molecule has 0 bridgehead atoms. The average Bonchev–Trinajstić information content (AvgIpc) is 2.45. The number of halogens is 1. The third-order valence-corrected chi connectivity index (χ3v) is 3.86. The lowest BCUT2D eigenvalue weighted by Crippen LogP contribution is -2.45. The third-order valence-electron chi connectivity index (χ3n) is 3.37. The molecule has 3 nitrogen and oxygen atoms in total. The molecule has 4 heteroatoms. The molecule has 0 aliphatic rings. The smallest absolute Gasteiger partial charge is 0.328 e. The third kappa shape index (κ3) is 3.26. The zero-order valence-electron chi connectivity index (χ0n) is 10.9. The van der Waals surface area contributed by atoms with Crippen LogP contribution in [0.15, 0.2) is 59.1 Å². The van der Waals surface area contributed by atoms with Crippen LogP contribution in [-0.2, 0) is 16.8 Å². The van der Waals surface area contributed by atoms with Gasteiger partial charge < -0.3 is 10.8 Å². The Kier molecular flexibility index (Phi) is 4.57. The largest absolute Gasteiger partial charge is 0.480 e. The van der Waals surface area contributed by atoms with Gasteiger partial charge in [0, 0.05) is 4.47 Å². The highest BCUT2D eigenvalue weighted by atomic mass is 79.9. The van der Waals surface area contributed by atoms with Gasteiger partial charge in [0.25, 0.3) is 0 Å². The van der Waals surface area contributed by atoms with E-state index in [4.69, 9.17) is 5.73 Å². The highest BCUT2D eigenvalue weighted by Crippen LogP contribution is 2.25. The molecule has 2 rings (SSSR count). The summed E-state index contributed by atoms with van der Waals surface area (Å²) in [4.78, 5) is 11.6. The molecule has 104 valence electrons. The van der Waals surface area contributed by atoms with Crippen molar-refractivity contribution in [3.8, 4) is 0 Å². The topological polar surface area (TPSA) is 63.3 Å². The molecule has 1 atom stereocenters. The Bertz CT molecular complexity index is 600. The van der Waals surface area contributed by atoms with Gasteiger partial charge >= 0.3 is 5.97 Å². The fraction of sp³-hybridized carbons (Fsp3) is 0.188. The van der Waals surface area contributed by atoms with Crippen LogP contribution in [0, 0.1) is 0 Å². The number of aryl methyl sites for hydroxylation is 1. The molecular weight excluding hydrogens is 318 g/mol. The molecule has 0 fully saturated rings. The van der Waals surface area contributed by atoms with Crippen molar-refractivity contribution in [3.63, 3.8) is 0 Å². The molecule has 2 aromatic carbocycles. The van der Waals surface area contributed by atoms with E-state index in [-0.39, 0.29) is 0 Å². The van der Waals surface area contributed by atoms with Crippen molar-refractivity contribution in [2.75, 3.05) is 0 Å². The van der Waals surface area contributed by atoms with E-state index in [2.05, 4.69) is 15.9 Å². The van der Waals surface area contributed by atoms with Crippen LogP contribution in [0.2, 0.25) is 0 Å². The molecule has 1 unspecified atom stereocenters. The zero-order valence-corrected chi connectivity index (χ0v) is 12.5. The predicted molar refractivity (Wildman–Crippen MR) is 82.4 cm³/mol. The lowest BCUT2D eigenvalue weighted by Gasteiger charge is -2.25. The summed E-state index contributed by atoms with van der Waals surface area (Å²) >= 11 is 3.41. The Morgan fingerprint density at radius 2 is 1.85 bits per heavy atom. The molecular formula is C16H16BrNO2. The van der Waals surface area contributed by atoms with Gasteiger partial charge in [-0.25, -0.2) is 4.79 Å². The van der Waals surface area contributed by atoms with Crippen LogP contribution in [0.1, 0.15) is 17.5 Å². The number of carboxylic acid groups (broad SMARTS) is 1. The number of nitrogens with two attached hydrogens (primary N) is 1. The van der Waals surface area contributed by atoms with Crippen LogP contribution in [-0.4, -0.2) is 11.1 Å². The first kappa shape index (κ1) is 14.8. The molecule has 0 saturated heterocycles. The average molecular weight is 334 g/mol. The van der Waals surface area contributed by atoms with Gasteiger partial charge in [-0.15, -0.1) is 0 Å². The van der Waals surface area contributed by atoms with E-state index in [9.17, 15) is 9.90 Å². The molecule has 0 aliphatic heterocycles. The second-order valence-corrected chi connectivity index (χ2v) is 5.69. The summed E-state index contributed by atoms with van der Waals surface area (Å²) in [6.45, 7) is 0. The maximum absolute atomic E-state index is 11.6. The summed E-state index contributed by atoms with van der Waals surface area (Å²) in [6, 6.07) is 16.8. The van der Waals surface area contributed by atoms with E-state index >= 15 is 0 Å². The van der Waals surface area contributed by atoms with Gasteiger partial charge in [-0.3, -0.25) is 0 Å². The van der Waals surface area contributed by atoms with Crippen LogP contribution in [0.5, 0.6) is 0 Å². The summed E-state index contributed by atoms with van der Waals surface area (Å²) in [6.07, 6.45) is 0.958. The molecule has 2 aromatic rings. The first-order valence-corrected chi connectivity index (χ1v) is 7.14. The van der Waals surface area contributed by atoms with Gasteiger partial charge in [-0.05, 0) is 36.1 Å². The van der Waals surface area contributed by atoms with Crippen molar-refractivity contribution < 1.29 is 9.90 Å². The molecule has 0 aliphatic carbocycles. The number of hydrogen-bond acceptors (Lipinski definition) is 2. The van der Waals surface area contributed by atoms with Gasteiger partial charge in [-0.2, -0.15) is 0 Å². The molecule has 0 spiro atoms. The van der Waals surface area contributed by atoms with E-state index in [1.807, 2.05) is 30.3 Å². The van der Waals surface area contributed by atoms with E-state index in [1.54, 1.807) is 24.3 Å². The summed E-state index contributed by atoms with van der Waals surface area (Å²) in [5, 5.41) is 9.48. The monoisotopic (exact) mass is 333 g/mol. The van der Waals surface area contributed by atoms with Gasteiger partial charge in [0.1, 0.15) is 5.54 Å². The summed E-state index contributed by atoms with van der Waals surface area (Å²) in [7, 11) is 0. The Labute approximate surface area is 126 Å². The van der Waals surface area contributed by atoms with Gasteiger partial charge in [0.15, 0.2) is 0 Å². The zero-order chi connectivity index (χ0) is 14.6. The van der Waals surface area contributed by atoms with E-state index in [1.165, 1.54) is 0 Å². The van der Waals surface area contributed by atoms with Crippen molar-refractivity contribution in [2.45, 2.75) is 18.4 Å². The normalized spacial score (nSPS) is 13.7. The second-order valence-electron chi connectivity index (χ2n) is 4.77. The fourth-order valence-corrected chi connectivity index (χ4v) is 2.59. The highest BCUT2D eigenvalue weighted by molar-refractivity contribution is 9.10. The molecule has 0 radical (unpaired) electrons. The van der Waals surface area contributed by atoms with Crippen molar-refractivity contribution >= 4 is 21.9 Å². The van der Waals surface area contributed by atoms with E-state index < -0.39 is 11.5 Å². The van der Waals surface area contributed by atoms with E-state index in [0.717, 1.165) is 10.0 Å². The number of rotatable bonds is 5. The molecule has 0 aromatic heterocycles. The van der Waals surface area contributed by atoms with Crippen LogP contribution in [0.3, 0.4) is 0 Å². The van der Waals surface area contributed by atoms with Crippen molar-refractivity contribution in [1.29, 1.82) is 0 Å². The number of hydrogen-bond donors (Lipinski definition) is 2. The van der Waals surface area contributed by atoms with Crippen LogP contribution in [0.25, 0.3) is 0 Å². The fourth-order valence-electron chi connectivity index (χ4n) is 2.14. The van der Waals surface area contributed by atoms with Crippen LogP contribution < -0.4 is 5.73 Å². The summed E-state index contributed by atoms with van der Waals surface area (Å²) in [5.41, 5.74) is 6.47. The van der Waals surface area contributed by atoms with Crippen LogP contribution >= 0.6 is 15.9 Å². The minimum Gasteiger partial charge on any atom is -0.480 e. The first-order valence-electron chi connectivity index (χ1n) is 6.34. The van der Waals surface area contributed by atoms with Crippen LogP contribution in [0.4, 0.5) is 0 Å². The van der Waals surface area contributed by atoms with Gasteiger partial charge in [0.2, 0.25) is 0 Å². The summed E-state index contributed by atoms with van der Waals surface area (Å²) < 4.78 is 0.979. The predicted octanol–water partition coefficient (Wildman–Crippen LogP) is 3.32. The number of benzene rings is 2. The minimum atomic E-state index is -1.36. The Morgan fingerprint density at radius 1 is 1.15 bits per heavy atom. The Balaban J connectivity index is 2.20. The number of aliphatic carboxylic acids is 1. The number of carboxylic acids is 1.